The molecule has 0 fully saturated rings. The predicted molar refractivity (Wildman–Crippen MR) is 61.2 cm³/mol. The molecule has 0 bridgehead atoms. The standard InChI is InChI=1S/C13H12O2/c1-2-5-11-10-7-4-3-6-9(10)8-12(14)13(11)15/h2-4,6-8,14-15H,1,5H2. The van der Waals surface area contributed by atoms with Crippen LogP contribution in [0.2, 0.25) is 0 Å². The SMILES string of the molecule is C=CCc1c(O)c(O)cc2ccccc12. The lowest BCUT2D eigenvalue weighted by molar-refractivity contribution is 0.401. The van der Waals surface area contributed by atoms with E-state index in [1.165, 1.54) is 0 Å². The van der Waals surface area contributed by atoms with E-state index in [1.54, 1.807) is 12.1 Å². The molecule has 0 unspecified atom stereocenters. The Morgan fingerprint density at radius 3 is 2.67 bits per heavy atom. The van der Waals surface area contributed by atoms with E-state index in [1.807, 2.05) is 24.3 Å². The Morgan fingerprint density at radius 1 is 1.20 bits per heavy atom. The molecule has 0 aliphatic carbocycles. The fraction of sp³-hybridized carbons (Fsp3) is 0.0769. The molecule has 0 heterocycles. The predicted octanol–water partition coefficient (Wildman–Crippen LogP) is 2.98. The van der Waals surface area contributed by atoms with Gasteiger partial charge in [0.05, 0.1) is 0 Å². The molecule has 0 saturated carbocycles. The van der Waals surface area contributed by atoms with Gasteiger partial charge in [-0.25, -0.2) is 0 Å². The van der Waals surface area contributed by atoms with E-state index < -0.39 is 0 Å². The molecule has 2 heteroatoms. The smallest absolute Gasteiger partial charge is 0.161 e. The van der Waals surface area contributed by atoms with Gasteiger partial charge < -0.3 is 10.2 Å². The first-order valence-electron chi connectivity index (χ1n) is 4.77. The number of hydrogen-bond donors (Lipinski definition) is 2. The van der Waals surface area contributed by atoms with Crippen LogP contribution in [0, 0.1) is 0 Å². The minimum atomic E-state index is -0.0782. The Balaban J connectivity index is 2.82. The fourth-order valence-electron chi connectivity index (χ4n) is 1.75. The summed E-state index contributed by atoms with van der Waals surface area (Å²) in [5.74, 6) is -0.126. The van der Waals surface area contributed by atoms with Crippen molar-refractivity contribution >= 4 is 10.8 Å². The summed E-state index contributed by atoms with van der Waals surface area (Å²) in [6.45, 7) is 3.64. The van der Waals surface area contributed by atoms with Crippen LogP contribution in [0.5, 0.6) is 11.5 Å². The lowest BCUT2D eigenvalue weighted by atomic mass is 10.0. The minimum Gasteiger partial charge on any atom is -0.504 e. The van der Waals surface area contributed by atoms with Crippen molar-refractivity contribution in [3.63, 3.8) is 0 Å². The summed E-state index contributed by atoms with van der Waals surface area (Å²) in [6, 6.07) is 9.20. The van der Waals surface area contributed by atoms with Crippen LogP contribution in [0.4, 0.5) is 0 Å². The zero-order valence-electron chi connectivity index (χ0n) is 8.27. The molecule has 0 aliphatic rings. The average Bonchev–Trinajstić information content (AvgIpc) is 2.25. The van der Waals surface area contributed by atoms with Crippen LogP contribution in [0.25, 0.3) is 10.8 Å². The van der Waals surface area contributed by atoms with Gasteiger partial charge in [-0.05, 0) is 23.3 Å². The summed E-state index contributed by atoms with van der Waals surface area (Å²) < 4.78 is 0. The summed E-state index contributed by atoms with van der Waals surface area (Å²) in [6.07, 6.45) is 2.25. The third kappa shape index (κ3) is 1.54. The largest absolute Gasteiger partial charge is 0.504 e. The number of phenols is 2. The molecule has 0 amide bonds. The van der Waals surface area contributed by atoms with Gasteiger partial charge in [-0.3, -0.25) is 0 Å². The van der Waals surface area contributed by atoms with Crippen LogP contribution >= 0.6 is 0 Å². The maximum atomic E-state index is 9.73. The number of aromatic hydroxyl groups is 2. The van der Waals surface area contributed by atoms with Gasteiger partial charge in [-0.1, -0.05) is 30.3 Å². The van der Waals surface area contributed by atoms with Crippen LogP contribution in [0.15, 0.2) is 43.0 Å². The van der Waals surface area contributed by atoms with Crippen molar-refractivity contribution in [2.45, 2.75) is 6.42 Å². The van der Waals surface area contributed by atoms with Crippen molar-refractivity contribution in [1.82, 2.24) is 0 Å². The second-order valence-electron chi connectivity index (χ2n) is 3.44. The molecule has 76 valence electrons. The van der Waals surface area contributed by atoms with Gasteiger partial charge in [0.25, 0.3) is 0 Å². The molecule has 0 aromatic heterocycles. The molecule has 0 saturated heterocycles. The van der Waals surface area contributed by atoms with Crippen LogP contribution < -0.4 is 0 Å². The van der Waals surface area contributed by atoms with Crippen LogP contribution in [-0.4, -0.2) is 10.2 Å². The van der Waals surface area contributed by atoms with Crippen LogP contribution in [0.1, 0.15) is 5.56 Å². The zero-order valence-corrected chi connectivity index (χ0v) is 8.27. The molecular formula is C13H12O2. The molecule has 2 rings (SSSR count). The monoisotopic (exact) mass is 200 g/mol. The number of benzene rings is 2. The second-order valence-corrected chi connectivity index (χ2v) is 3.44. The molecule has 15 heavy (non-hydrogen) atoms. The highest BCUT2D eigenvalue weighted by atomic mass is 16.3. The molecule has 0 spiro atoms. The van der Waals surface area contributed by atoms with Gasteiger partial charge in [0.2, 0.25) is 0 Å². The van der Waals surface area contributed by atoms with E-state index in [4.69, 9.17) is 0 Å². The van der Waals surface area contributed by atoms with Gasteiger partial charge in [0.1, 0.15) is 0 Å². The molecule has 0 atom stereocenters. The number of phenolic OH excluding ortho intramolecular Hbond substituents is 2. The minimum absolute atomic E-state index is 0.0476. The molecule has 2 nitrogen and oxygen atoms in total. The highest BCUT2D eigenvalue weighted by molar-refractivity contribution is 5.89. The van der Waals surface area contributed by atoms with Crippen molar-refractivity contribution in [2.24, 2.45) is 0 Å². The quantitative estimate of drug-likeness (QED) is 0.578. The Bertz CT molecular complexity index is 515. The van der Waals surface area contributed by atoms with Gasteiger partial charge in [-0.15, -0.1) is 6.58 Å². The zero-order chi connectivity index (χ0) is 10.8. The second kappa shape index (κ2) is 3.65. The average molecular weight is 200 g/mol. The van der Waals surface area contributed by atoms with E-state index >= 15 is 0 Å². The Morgan fingerprint density at radius 2 is 1.93 bits per heavy atom. The van der Waals surface area contributed by atoms with Crippen molar-refractivity contribution in [3.05, 3.63) is 48.6 Å². The number of allylic oxidation sites excluding steroid dienone is 1. The van der Waals surface area contributed by atoms with E-state index in [2.05, 4.69) is 6.58 Å². The van der Waals surface area contributed by atoms with E-state index in [0.717, 1.165) is 16.3 Å². The van der Waals surface area contributed by atoms with Crippen LogP contribution in [0.3, 0.4) is 0 Å². The molecule has 2 aromatic rings. The number of fused-ring (bicyclic) bond motifs is 1. The third-order valence-electron chi connectivity index (χ3n) is 2.46. The molecule has 2 aromatic carbocycles. The summed E-state index contributed by atoms with van der Waals surface area (Å²) in [5, 5.41) is 21.1. The highest BCUT2D eigenvalue weighted by Crippen LogP contribution is 2.35. The fourth-order valence-corrected chi connectivity index (χ4v) is 1.75. The van der Waals surface area contributed by atoms with Gasteiger partial charge in [0, 0.05) is 5.56 Å². The van der Waals surface area contributed by atoms with Crippen molar-refractivity contribution < 1.29 is 10.2 Å². The number of hydrogen-bond acceptors (Lipinski definition) is 2. The number of rotatable bonds is 2. The maximum Gasteiger partial charge on any atom is 0.161 e. The third-order valence-corrected chi connectivity index (χ3v) is 2.46. The Labute approximate surface area is 88.1 Å². The lowest BCUT2D eigenvalue weighted by Crippen LogP contribution is -1.86. The summed E-state index contributed by atoms with van der Waals surface area (Å²) in [7, 11) is 0. The van der Waals surface area contributed by atoms with E-state index in [-0.39, 0.29) is 11.5 Å². The van der Waals surface area contributed by atoms with Gasteiger partial charge in [-0.2, -0.15) is 0 Å². The normalized spacial score (nSPS) is 10.4. The molecule has 0 aliphatic heterocycles. The Kier molecular flexibility index (Phi) is 2.34. The Hall–Kier alpha value is -1.96. The van der Waals surface area contributed by atoms with Crippen molar-refractivity contribution in [1.29, 1.82) is 0 Å². The van der Waals surface area contributed by atoms with Gasteiger partial charge in [0.15, 0.2) is 11.5 Å². The van der Waals surface area contributed by atoms with Crippen molar-refractivity contribution in [2.75, 3.05) is 0 Å². The van der Waals surface area contributed by atoms with Crippen LogP contribution in [-0.2, 0) is 6.42 Å². The topological polar surface area (TPSA) is 40.5 Å². The first-order valence-corrected chi connectivity index (χ1v) is 4.77. The molecular weight excluding hydrogens is 188 g/mol. The molecule has 2 N–H and O–H groups in total. The van der Waals surface area contributed by atoms with Crippen molar-refractivity contribution in [3.8, 4) is 11.5 Å². The summed E-state index contributed by atoms with van der Waals surface area (Å²) >= 11 is 0. The summed E-state index contributed by atoms with van der Waals surface area (Å²) in [5.41, 5.74) is 0.723. The molecule has 0 radical (unpaired) electrons. The van der Waals surface area contributed by atoms with E-state index in [0.29, 0.717) is 6.42 Å². The summed E-state index contributed by atoms with van der Waals surface area (Å²) in [4.78, 5) is 0. The maximum absolute atomic E-state index is 9.73. The lowest BCUT2D eigenvalue weighted by Gasteiger charge is -2.08. The highest BCUT2D eigenvalue weighted by Gasteiger charge is 2.09. The van der Waals surface area contributed by atoms with Gasteiger partial charge >= 0.3 is 0 Å². The van der Waals surface area contributed by atoms with E-state index in [9.17, 15) is 10.2 Å². The first kappa shape index (κ1) is 9.59. The first-order chi connectivity index (χ1) is 7.24.